The zero-order valence-corrected chi connectivity index (χ0v) is 34.5. The van der Waals surface area contributed by atoms with Gasteiger partial charge in [-0.15, -0.1) is 18.2 Å². The van der Waals surface area contributed by atoms with Crippen molar-refractivity contribution < 1.29 is 37.7 Å². The molecular weight excluding hydrogens is 886 g/mol. The van der Waals surface area contributed by atoms with Crippen LogP contribution in [0.25, 0.3) is 55.7 Å². The molecule has 7 aromatic rings. The van der Waals surface area contributed by atoms with Gasteiger partial charge < -0.3 is 8.98 Å². The molecule has 0 N–H and O–H groups in total. The van der Waals surface area contributed by atoms with Gasteiger partial charge in [0.1, 0.15) is 5.69 Å². The Balaban J connectivity index is 0.000000211. The average molecular weight is 928 g/mol. The van der Waals surface area contributed by atoms with Gasteiger partial charge in [0.25, 0.3) is 0 Å². The Bertz CT molecular complexity index is 2300. The number of rotatable bonds is 5. The molecule has 0 aliphatic rings. The number of para-hydroxylation sites is 2. The Morgan fingerprint density at radius 1 is 0.863 bits per heavy atom. The zero-order chi connectivity index (χ0) is 36.0. The van der Waals surface area contributed by atoms with Crippen molar-refractivity contribution in [3.63, 3.8) is 0 Å². The second-order valence-corrected chi connectivity index (χ2v) is 25.6. The Morgan fingerprint density at radius 3 is 2.24 bits per heavy atom. The third-order valence-electron chi connectivity index (χ3n) is 8.46. The molecule has 4 aromatic heterocycles. The van der Waals surface area contributed by atoms with Crippen molar-refractivity contribution in [1.82, 2.24) is 19.5 Å². The van der Waals surface area contributed by atoms with Gasteiger partial charge in [0.2, 0.25) is 5.71 Å². The molecule has 51 heavy (non-hydrogen) atoms. The van der Waals surface area contributed by atoms with Crippen molar-refractivity contribution >= 4 is 50.8 Å². The molecule has 267 valence electrons. The monoisotopic (exact) mass is 929 g/mol. The summed E-state index contributed by atoms with van der Waals surface area (Å²) in [7, 11) is 0. The Labute approximate surface area is 313 Å². The molecule has 3 aromatic carbocycles. The molecule has 4 heterocycles. The average Bonchev–Trinajstić information content (AvgIpc) is 3.63. The number of alkyl halides is 3. The number of furan rings is 1. The van der Waals surface area contributed by atoms with Gasteiger partial charge in [-0.25, -0.2) is 4.98 Å². The number of halogens is 3. The fraction of sp³-hybridized carbons (Fsp3) is 0.293. The quantitative estimate of drug-likeness (QED) is 0.127. The van der Waals surface area contributed by atoms with Crippen LogP contribution in [0.4, 0.5) is 13.2 Å². The van der Waals surface area contributed by atoms with Gasteiger partial charge in [-0.2, -0.15) is 13.2 Å². The van der Waals surface area contributed by atoms with E-state index in [2.05, 4.69) is 91.9 Å². The number of pyridine rings is 2. The van der Waals surface area contributed by atoms with Crippen LogP contribution in [0.2, 0.25) is 17.3 Å². The van der Waals surface area contributed by atoms with Crippen molar-refractivity contribution in [2.45, 2.75) is 70.0 Å². The van der Waals surface area contributed by atoms with Crippen molar-refractivity contribution in [3.05, 3.63) is 108 Å². The molecule has 10 heteroatoms. The summed E-state index contributed by atoms with van der Waals surface area (Å²) < 4.78 is 48.8. The minimum absolute atomic E-state index is 0. The van der Waals surface area contributed by atoms with Crippen LogP contribution in [0.5, 0.6) is 0 Å². The third kappa shape index (κ3) is 8.16. The van der Waals surface area contributed by atoms with Crippen LogP contribution in [0.1, 0.15) is 45.9 Å². The number of nitrogens with zero attached hydrogens (tertiary/aromatic N) is 4. The van der Waals surface area contributed by atoms with E-state index in [0.717, 1.165) is 34.8 Å². The first-order chi connectivity index (χ1) is 23.5. The Morgan fingerprint density at radius 2 is 1.59 bits per heavy atom. The maximum atomic E-state index is 13.1. The molecule has 0 saturated carbocycles. The van der Waals surface area contributed by atoms with Crippen LogP contribution in [0, 0.1) is 18.1 Å². The SMILES string of the molecule is CC(C)(C)n1c(-c2[c-]ccc3c2oc2nc(C(F)(F)F)ccc23)nc2ccccc21.CC(C)Cc1cc(-c2[c-]cccc2)nc[c]1[Ge]([CH3])([CH3])[CH3].[Ir]. The van der Waals surface area contributed by atoms with Crippen molar-refractivity contribution in [1.29, 1.82) is 0 Å². The molecule has 7 rings (SSSR count). The number of imidazole rings is 1. The number of hydrogen-bond acceptors (Lipinski definition) is 4. The third-order valence-corrected chi connectivity index (χ3v) is 12.8. The van der Waals surface area contributed by atoms with Crippen molar-refractivity contribution in [3.8, 4) is 22.6 Å². The molecule has 0 spiro atoms. The van der Waals surface area contributed by atoms with Gasteiger partial charge in [-0.05, 0) is 45.0 Å². The van der Waals surface area contributed by atoms with Gasteiger partial charge in [0.15, 0.2) is 0 Å². The van der Waals surface area contributed by atoms with E-state index in [1.807, 2.05) is 42.5 Å². The molecule has 0 atom stereocenters. The number of fused-ring (bicyclic) bond motifs is 4. The Kier molecular flexibility index (Phi) is 11.1. The topological polar surface area (TPSA) is 56.7 Å². The van der Waals surface area contributed by atoms with E-state index in [0.29, 0.717) is 33.7 Å². The van der Waals surface area contributed by atoms with E-state index in [1.165, 1.54) is 11.6 Å². The first kappa shape index (κ1) is 38.4. The van der Waals surface area contributed by atoms with E-state index in [-0.39, 0.29) is 31.4 Å². The Hall–Kier alpha value is -3.79. The van der Waals surface area contributed by atoms with E-state index in [4.69, 9.17) is 14.4 Å². The minimum Gasteiger partial charge on any atom is 0 e. The predicted octanol–water partition coefficient (Wildman–Crippen LogP) is 10.9. The summed E-state index contributed by atoms with van der Waals surface area (Å²) in [5.74, 6) is 8.64. The van der Waals surface area contributed by atoms with Crippen molar-refractivity contribution in [2.24, 2.45) is 5.92 Å². The molecule has 0 aliphatic carbocycles. The number of benzene rings is 3. The van der Waals surface area contributed by atoms with E-state index >= 15 is 0 Å². The molecule has 0 fully saturated rings. The first-order valence-electron chi connectivity index (χ1n) is 16.8. The molecular formula is C41H41F3GeIrN4O-2. The van der Waals surface area contributed by atoms with Gasteiger partial charge in [-0.3, -0.25) is 4.98 Å². The van der Waals surface area contributed by atoms with Crippen LogP contribution >= 0.6 is 0 Å². The summed E-state index contributed by atoms with van der Waals surface area (Å²) in [6, 6.07) is 30.5. The molecule has 0 amide bonds. The first-order valence-corrected chi connectivity index (χ1v) is 24.1. The zero-order valence-electron chi connectivity index (χ0n) is 30.0. The maximum absolute atomic E-state index is 13.1. The number of aromatic nitrogens is 4. The predicted molar refractivity (Wildman–Crippen MR) is 199 cm³/mol. The standard InChI is InChI=1S/C23H17F3N3O.C18H24GeN.Ir/c1-22(2,3)29-17-10-5-4-9-16(17)27-20(29)15-8-6-7-13-14-11-12-18(23(24,25)26)28-21(14)30-19(13)15;1-14(2)11-16-12-18(15-9-7-6-8-10-15)20-13-17(16)19(3,4)5;/h4-7,9-12H,1-3H3;6-9,12-14H,11H2,1-5H3;/q2*-1;. The van der Waals surface area contributed by atoms with Gasteiger partial charge in [0, 0.05) is 31.0 Å². The van der Waals surface area contributed by atoms with E-state index in [1.54, 1.807) is 16.5 Å². The second-order valence-electron chi connectivity index (χ2n) is 15.0. The van der Waals surface area contributed by atoms with Crippen molar-refractivity contribution in [2.75, 3.05) is 0 Å². The van der Waals surface area contributed by atoms with Gasteiger partial charge in [0.05, 0.1) is 22.4 Å². The molecule has 1 radical (unpaired) electrons. The molecule has 0 saturated heterocycles. The number of hydrogen-bond donors (Lipinski definition) is 0. The maximum Gasteiger partial charge on any atom is 0 e. The fourth-order valence-corrected chi connectivity index (χ4v) is 9.63. The summed E-state index contributed by atoms with van der Waals surface area (Å²) >= 11 is -1.86. The fourth-order valence-electron chi connectivity index (χ4n) is 6.30. The molecule has 5 nitrogen and oxygen atoms in total. The van der Waals surface area contributed by atoms with E-state index in [9.17, 15) is 13.2 Å². The normalized spacial score (nSPS) is 12.3. The summed E-state index contributed by atoms with van der Waals surface area (Å²) in [4.78, 5) is 13.2. The van der Waals surface area contributed by atoms with Crippen LogP contribution in [-0.2, 0) is 38.2 Å². The molecule has 0 unspecified atom stereocenters. The summed E-state index contributed by atoms with van der Waals surface area (Å²) in [6.45, 7) is 10.8. The van der Waals surface area contributed by atoms with Crippen LogP contribution in [0.3, 0.4) is 0 Å². The van der Waals surface area contributed by atoms with Crippen LogP contribution in [0.15, 0.2) is 89.5 Å². The van der Waals surface area contributed by atoms with Crippen LogP contribution in [-0.4, -0.2) is 32.8 Å². The van der Waals surface area contributed by atoms with E-state index < -0.39 is 25.1 Å². The largest absolute Gasteiger partial charge is 0 e. The van der Waals surface area contributed by atoms with Gasteiger partial charge >= 0.3 is 132 Å². The summed E-state index contributed by atoms with van der Waals surface area (Å²) in [5.41, 5.74) is 5.08. The second kappa shape index (κ2) is 14.7. The van der Waals surface area contributed by atoms with Crippen LogP contribution < -0.4 is 4.40 Å². The smallest absolute Gasteiger partial charge is 0 e. The molecule has 0 bridgehead atoms. The summed E-state index contributed by atoms with van der Waals surface area (Å²) in [6.07, 6.45) is -1.27. The molecule has 0 aliphatic heterocycles. The minimum atomic E-state index is -4.54. The van der Waals surface area contributed by atoms with Gasteiger partial charge in [-0.1, -0.05) is 23.1 Å². The summed E-state index contributed by atoms with van der Waals surface area (Å²) in [5, 5.41) is 1.19.